The Kier molecular flexibility index (Phi) is 2.55. The minimum Gasteiger partial charge on any atom is -0.304 e. The average Bonchev–Trinajstić information content (AvgIpc) is 2.75. The number of nitrogens with zero attached hydrogens (tertiary/aromatic N) is 3. The normalized spacial score (nSPS) is 10.3. The molecule has 2 aromatic rings. The van der Waals surface area contributed by atoms with Gasteiger partial charge < -0.3 is 5.32 Å². The van der Waals surface area contributed by atoms with Crippen molar-refractivity contribution in [3.05, 3.63) is 28.6 Å². The van der Waals surface area contributed by atoms with E-state index >= 15 is 0 Å². The lowest BCUT2D eigenvalue weighted by molar-refractivity contribution is 0.102. The number of rotatable bonds is 2. The topological polar surface area (TPSA) is 75.6 Å². The summed E-state index contributed by atoms with van der Waals surface area (Å²) in [5, 5.41) is 13.0. The third-order valence-electron chi connectivity index (χ3n) is 1.78. The van der Waals surface area contributed by atoms with Gasteiger partial charge in [0.1, 0.15) is 5.69 Å². The Hall–Kier alpha value is -1.63. The average molecular weight is 270 g/mol. The summed E-state index contributed by atoms with van der Waals surface area (Å²) in [5.41, 5.74) is 0.376. The molecule has 2 rings (SSSR count). The molecule has 2 heterocycles. The van der Waals surface area contributed by atoms with Crippen LogP contribution in [0.2, 0.25) is 0 Å². The fraction of sp³-hybridized carbons (Fsp3) is 0.125. The zero-order chi connectivity index (χ0) is 10.8. The number of carbonyl (C=O) groups excluding carboxylic acids is 1. The Morgan fingerprint density at radius 1 is 1.67 bits per heavy atom. The van der Waals surface area contributed by atoms with Gasteiger partial charge in [0.15, 0.2) is 5.82 Å². The lowest BCUT2D eigenvalue weighted by Gasteiger charge is -1.98. The molecule has 78 valence electrons. The number of aryl methyl sites for hydroxylation is 1. The van der Waals surface area contributed by atoms with Crippen molar-refractivity contribution in [2.75, 3.05) is 5.32 Å². The molecule has 0 atom stereocenters. The molecule has 2 aromatic heterocycles. The maximum Gasteiger partial charge on any atom is 0.276 e. The van der Waals surface area contributed by atoms with E-state index in [1.165, 1.54) is 6.20 Å². The number of nitrogens with one attached hydrogen (secondary N) is 2. The molecule has 0 aliphatic heterocycles. The zero-order valence-corrected chi connectivity index (χ0v) is 9.45. The Labute approximate surface area is 93.8 Å². The first-order chi connectivity index (χ1) is 7.16. The number of aromatic amines is 1. The first-order valence-corrected chi connectivity index (χ1v) is 4.96. The predicted octanol–water partition coefficient (Wildman–Crippen LogP) is 1.16. The second-order valence-corrected chi connectivity index (χ2v) is 3.78. The molecule has 0 aliphatic carbocycles. The molecule has 2 N–H and O–H groups in total. The van der Waals surface area contributed by atoms with Crippen LogP contribution in [0.3, 0.4) is 0 Å². The number of H-pyrrole nitrogens is 1. The van der Waals surface area contributed by atoms with Gasteiger partial charge in [-0.1, -0.05) is 0 Å². The molecule has 0 saturated heterocycles. The molecule has 0 spiro atoms. The Morgan fingerprint density at radius 3 is 3.00 bits per heavy atom. The van der Waals surface area contributed by atoms with Crippen LogP contribution in [0.1, 0.15) is 10.5 Å². The fourth-order valence-corrected chi connectivity index (χ4v) is 1.46. The minimum absolute atomic E-state index is 0.280. The van der Waals surface area contributed by atoms with Crippen LogP contribution >= 0.6 is 15.9 Å². The van der Waals surface area contributed by atoms with E-state index in [4.69, 9.17) is 0 Å². The molecule has 1 amide bonds. The lowest BCUT2D eigenvalue weighted by atomic mass is 10.4. The monoisotopic (exact) mass is 269 g/mol. The summed E-state index contributed by atoms with van der Waals surface area (Å²) in [6.07, 6.45) is 3.27. The molecule has 0 saturated carbocycles. The summed E-state index contributed by atoms with van der Waals surface area (Å²) in [6, 6.07) is 1.71. The summed E-state index contributed by atoms with van der Waals surface area (Å²) < 4.78 is 2.23. The second kappa shape index (κ2) is 3.85. The highest BCUT2D eigenvalue weighted by molar-refractivity contribution is 9.10. The largest absolute Gasteiger partial charge is 0.304 e. The third kappa shape index (κ3) is 2.07. The first-order valence-electron chi connectivity index (χ1n) is 4.16. The molecule has 0 unspecified atom stereocenters. The van der Waals surface area contributed by atoms with E-state index in [9.17, 15) is 4.79 Å². The van der Waals surface area contributed by atoms with E-state index < -0.39 is 0 Å². The fourth-order valence-electron chi connectivity index (χ4n) is 1.09. The Morgan fingerprint density at radius 2 is 2.47 bits per heavy atom. The molecule has 0 aliphatic rings. The smallest absolute Gasteiger partial charge is 0.276 e. The third-order valence-corrected chi connectivity index (χ3v) is 2.38. The Balaban J connectivity index is 2.14. The van der Waals surface area contributed by atoms with Gasteiger partial charge in [-0.2, -0.15) is 10.2 Å². The second-order valence-electron chi connectivity index (χ2n) is 2.92. The number of halogens is 1. The Bertz CT molecular complexity index is 489. The first kappa shape index (κ1) is 9.91. The summed E-state index contributed by atoms with van der Waals surface area (Å²) in [4.78, 5) is 11.6. The minimum atomic E-state index is -0.280. The van der Waals surface area contributed by atoms with E-state index in [1.54, 1.807) is 24.0 Å². The summed E-state index contributed by atoms with van der Waals surface area (Å²) in [7, 11) is 1.78. The van der Waals surface area contributed by atoms with Crippen molar-refractivity contribution >= 4 is 27.7 Å². The number of hydrogen-bond acceptors (Lipinski definition) is 3. The number of anilines is 1. The SMILES string of the molecule is Cn1ccc(NC(=O)c2[nH]ncc2Br)n1. The number of aromatic nitrogens is 4. The van der Waals surface area contributed by atoms with Gasteiger partial charge in [-0.25, -0.2) is 0 Å². The summed E-state index contributed by atoms with van der Waals surface area (Å²) in [5.74, 6) is 0.224. The molecular weight excluding hydrogens is 262 g/mol. The number of hydrogen-bond donors (Lipinski definition) is 2. The predicted molar refractivity (Wildman–Crippen MR) is 57.4 cm³/mol. The van der Waals surface area contributed by atoms with Crippen molar-refractivity contribution in [1.82, 2.24) is 20.0 Å². The van der Waals surface area contributed by atoms with Crippen molar-refractivity contribution < 1.29 is 4.79 Å². The quantitative estimate of drug-likeness (QED) is 0.859. The highest BCUT2D eigenvalue weighted by Crippen LogP contribution is 2.14. The van der Waals surface area contributed by atoms with E-state index in [2.05, 4.69) is 36.5 Å². The summed E-state index contributed by atoms with van der Waals surface area (Å²) >= 11 is 3.21. The van der Waals surface area contributed by atoms with Gasteiger partial charge in [0, 0.05) is 19.3 Å². The molecular formula is C8H8BrN5O. The van der Waals surface area contributed by atoms with Crippen LogP contribution in [-0.4, -0.2) is 25.9 Å². The number of amides is 1. The van der Waals surface area contributed by atoms with Gasteiger partial charge in [-0.3, -0.25) is 14.6 Å². The van der Waals surface area contributed by atoms with E-state index in [0.717, 1.165) is 0 Å². The zero-order valence-electron chi connectivity index (χ0n) is 7.86. The molecule has 0 aromatic carbocycles. The van der Waals surface area contributed by atoms with Gasteiger partial charge in [0.25, 0.3) is 5.91 Å². The van der Waals surface area contributed by atoms with Crippen LogP contribution in [0, 0.1) is 0 Å². The van der Waals surface area contributed by atoms with Gasteiger partial charge in [0.05, 0.1) is 10.7 Å². The highest BCUT2D eigenvalue weighted by atomic mass is 79.9. The van der Waals surface area contributed by atoms with Crippen LogP contribution in [-0.2, 0) is 7.05 Å². The van der Waals surface area contributed by atoms with Gasteiger partial charge in [-0.05, 0) is 15.9 Å². The number of carbonyl (C=O) groups is 1. The van der Waals surface area contributed by atoms with Crippen molar-refractivity contribution in [3.8, 4) is 0 Å². The van der Waals surface area contributed by atoms with Crippen molar-refractivity contribution in [3.63, 3.8) is 0 Å². The van der Waals surface area contributed by atoms with E-state index in [-0.39, 0.29) is 5.91 Å². The molecule has 7 heteroatoms. The maximum atomic E-state index is 11.6. The van der Waals surface area contributed by atoms with E-state index in [0.29, 0.717) is 16.0 Å². The van der Waals surface area contributed by atoms with Gasteiger partial charge in [-0.15, -0.1) is 0 Å². The van der Waals surface area contributed by atoms with Crippen LogP contribution in [0.5, 0.6) is 0 Å². The molecule has 15 heavy (non-hydrogen) atoms. The highest BCUT2D eigenvalue weighted by Gasteiger charge is 2.12. The van der Waals surface area contributed by atoms with Crippen molar-refractivity contribution in [1.29, 1.82) is 0 Å². The molecule has 6 nitrogen and oxygen atoms in total. The molecule has 0 radical (unpaired) electrons. The standard InChI is InChI=1S/C8H8BrN5O/c1-14-3-2-6(13-14)11-8(15)7-5(9)4-10-12-7/h2-4H,1H3,(H,10,12)(H,11,13,15). The van der Waals surface area contributed by atoms with Gasteiger partial charge >= 0.3 is 0 Å². The van der Waals surface area contributed by atoms with Gasteiger partial charge in [0.2, 0.25) is 0 Å². The van der Waals surface area contributed by atoms with Crippen LogP contribution in [0.4, 0.5) is 5.82 Å². The maximum absolute atomic E-state index is 11.6. The van der Waals surface area contributed by atoms with Crippen molar-refractivity contribution in [2.24, 2.45) is 7.05 Å². The van der Waals surface area contributed by atoms with Crippen LogP contribution in [0.15, 0.2) is 22.9 Å². The summed E-state index contributed by atoms with van der Waals surface area (Å²) in [6.45, 7) is 0. The van der Waals surface area contributed by atoms with Crippen LogP contribution < -0.4 is 5.32 Å². The molecule has 0 fully saturated rings. The molecule has 0 bridgehead atoms. The van der Waals surface area contributed by atoms with E-state index in [1.807, 2.05) is 0 Å². The lowest BCUT2D eigenvalue weighted by Crippen LogP contribution is -2.13. The van der Waals surface area contributed by atoms with Crippen LogP contribution in [0.25, 0.3) is 0 Å². The van der Waals surface area contributed by atoms with Crippen molar-refractivity contribution in [2.45, 2.75) is 0 Å².